The zero-order valence-electron chi connectivity index (χ0n) is 34.8. The molecule has 0 aromatic heterocycles. The SMILES string of the molecule is CC(=O)OCC(=O)COC(C)=O.CC(=O)OCC(=O)COC(C)=O.CC(=O)OCC(=O)COC(C)=O.CC(=O)OCC(=O)COC(C)=O.CC(=O)OCC(=O)COC(C)=O. The van der Waals surface area contributed by atoms with Crippen LogP contribution in [-0.2, 0) is 119 Å². The van der Waals surface area contributed by atoms with Gasteiger partial charge in [-0.05, 0) is 0 Å². The minimum atomic E-state index is -0.536. The van der Waals surface area contributed by atoms with Crippen LogP contribution in [0, 0.1) is 0 Å². The number of rotatable bonds is 20. The van der Waals surface area contributed by atoms with E-state index in [0.29, 0.717) is 0 Å². The summed E-state index contributed by atoms with van der Waals surface area (Å²) in [7, 11) is 0. The summed E-state index contributed by atoms with van der Waals surface area (Å²) in [5.74, 6) is -7.58. The van der Waals surface area contributed by atoms with Crippen LogP contribution >= 0.6 is 0 Å². The Hall–Kier alpha value is -6.95. The van der Waals surface area contributed by atoms with Gasteiger partial charge < -0.3 is 47.4 Å². The molecule has 0 radical (unpaired) electrons. The maximum atomic E-state index is 10.7. The quantitative estimate of drug-likeness (QED) is 0.0983. The topological polar surface area (TPSA) is 348 Å². The summed E-state index contributed by atoms with van der Waals surface area (Å²) in [5.41, 5.74) is 0. The van der Waals surface area contributed by atoms with E-state index < -0.39 is 88.6 Å². The van der Waals surface area contributed by atoms with E-state index in [9.17, 15) is 71.9 Å². The van der Waals surface area contributed by atoms with Crippen LogP contribution in [0.4, 0.5) is 0 Å². The van der Waals surface area contributed by atoms with E-state index in [2.05, 4.69) is 47.4 Å². The van der Waals surface area contributed by atoms with Gasteiger partial charge >= 0.3 is 59.7 Å². The first kappa shape index (κ1) is 62.3. The molecule has 0 N–H and O–H groups in total. The molecule has 0 aromatic carbocycles. The van der Waals surface area contributed by atoms with E-state index in [1.54, 1.807) is 0 Å². The molecule has 0 atom stereocenters. The van der Waals surface area contributed by atoms with Crippen LogP contribution in [0.2, 0.25) is 0 Å². The second-order valence-electron chi connectivity index (χ2n) is 10.5. The molecule has 340 valence electrons. The lowest BCUT2D eigenvalue weighted by atomic mass is 10.4. The molecule has 0 bridgehead atoms. The van der Waals surface area contributed by atoms with Crippen molar-refractivity contribution in [3.8, 4) is 0 Å². The highest BCUT2D eigenvalue weighted by Gasteiger charge is 2.09. The fourth-order valence-electron chi connectivity index (χ4n) is 2.03. The first-order valence-electron chi connectivity index (χ1n) is 16.5. The van der Waals surface area contributed by atoms with Crippen LogP contribution < -0.4 is 0 Å². The normalized spacial score (nSPS) is 8.83. The zero-order valence-corrected chi connectivity index (χ0v) is 34.8. The second kappa shape index (κ2) is 40.3. The van der Waals surface area contributed by atoms with Gasteiger partial charge in [-0.15, -0.1) is 0 Å². The smallest absolute Gasteiger partial charge is 0.303 e. The molecule has 0 aliphatic rings. The molecule has 0 fully saturated rings. The van der Waals surface area contributed by atoms with Gasteiger partial charge in [-0.2, -0.15) is 0 Å². The monoisotopic (exact) mass is 870 g/mol. The van der Waals surface area contributed by atoms with Crippen LogP contribution in [0.15, 0.2) is 0 Å². The first-order valence-corrected chi connectivity index (χ1v) is 16.5. The van der Waals surface area contributed by atoms with E-state index in [1.165, 1.54) is 69.2 Å². The van der Waals surface area contributed by atoms with Crippen molar-refractivity contribution in [1.29, 1.82) is 0 Å². The Morgan fingerprint density at radius 2 is 0.250 bits per heavy atom. The van der Waals surface area contributed by atoms with E-state index >= 15 is 0 Å². The molecule has 0 spiro atoms. The molecule has 0 rings (SSSR count). The third-order valence-electron chi connectivity index (χ3n) is 4.36. The van der Waals surface area contributed by atoms with Crippen LogP contribution in [-0.4, -0.2) is 155 Å². The molecule has 0 aliphatic carbocycles. The van der Waals surface area contributed by atoms with Gasteiger partial charge in [0.25, 0.3) is 0 Å². The van der Waals surface area contributed by atoms with Crippen molar-refractivity contribution in [3.05, 3.63) is 0 Å². The van der Waals surface area contributed by atoms with Crippen molar-refractivity contribution in [3.63, 3.8) is 0 Å². The Kier molecular flexibility index (Phi) is 41.8. The van der Waals surface area contributed by atoms with Gasteiger partial charge in [0, 0.05) is 69.2 Å². The minimum Gasteiger partial charge on any atom is -0.458 e. The average molecular weight is 871 g/mol. The Labute approximate surface area is 343 Å². The molecule has 0 amide bonds. The molecular weight excluding hydrogens is 820 g/mol. The average Bonchev–Trinajstić information content (AvgIpc) is 3.13. The summed E-state index contributed by atoms with van der Waals surface area (Å²) in [6, 6.07) is 0. The van der Waals surface area contributed by atoms with Crippen LogP contribution in [0.3, 0.4) is 0 Å². The van der Waals surface area contributed by atoms with Gasteiger partial charge in [0.05, 0.1) is 0 Å². The zero-order chi connectivity index (χ0) is 47.8. The number of carbonyl (C=O) groups is 15. The maximum Gasteiger partial charge on any atom is 0.303 e. The van der Waals surface area contributed by atoms with E-state index in [1.807, 2.05) is 0 Å². The fourth-order valence-corrected chi connectivity index (χ4v) is 2.03. The van der Waals surface area contributed by atoms with Gasteiger partial charge in [0.15, 0.2) is 66.1 Å². The Balaban J connectivity index is -0.000000210. The predicted octanol–water partition coefficient (Wildman–Crippen LogP) is -1.59. The molecular formula is C35H50O25. The molecule has 25 nitrogen and oxygen atoms in total. The summed E-state index contributed by atoms with van der Waals surface area (Å²) < 4.78 is 43.6. The van der Waals surface area contributed by atoms with E-state index in [-0.39, 0.29) is 66.1 Å². The summed E-state index contributed by atoms with van der Waals surface area (Å²) in [6.07, 6.45) is 0. The number of Topliss-reactive ketones (excluding diaryl/α,β-unsaturated/α-hetero) is 5. The van der Waals surface area contributed by atoms with Gasteiger partial charge in [-0.3, -0.25) is 71.9 Å². The van der Waals surface area contributed by atoms with Crippen molar-refractivity contribution < 1.29 is 119 Å². The Morgan fingerprint density at radius 3 is 0.300 bits per heavy atom. The number of esters is 10. The first-order chi connectivity index (χ1) is 27.6. The molecule has 25 heteroatoms. The van der Waals surface area contributed by atoms with Crippen LogP contribution in [0.1, 0.15) is 69.2 Å². The number of ether oxygens (including phenoxy) is 10. The van der Waals surface area contributed by atoms with Gasteiger partial charge in [-0.1, -0.05) is 0 Å². The van der Waals surface area contributed by atoms with Crippen molar-refractivity contribution in [1.82, 2.24) is 0 Å². The largest absolute Gasteiger partial charge is 0.458 e. The highest BCUT2D eigenvalue weighted by atomic mass is 16.6. The van der Waals surface area contributed by atoms with E-state index in [0.717, 1.165) is 0 Å². The highest BCUT2D eigenvalue weighted by molar-refractivity contribution is 5.87. The van der Waals surface area contributed by atoms with Gasteiger partial charge in [0.2, 0.25) is 28.9 Å². The Bertz CT molecular complexity index is 1140. The summed E-state index contributed by atoms with van der Waals surface area (Å²) in [4.78, 5) is 156. The fraction of sp³-hybridized carbons (Fsp3) is 0.571. The lowest BCUT2D eigenvalue weighted by molar-refractivity contribution is -0.151. The number of carbonyl (C=O) groups excluding carboxylic acids is 15. The third-order valence-corrected chi connectivity index (χ3v) is 4.36. The lowest BCUT2D eigenvalue weighted by Crippen LogP contribution is -2.18. The van der Waals surface area contributed by atoms with Crippen molar-refractivity contribution in [2.75, 3.05) is 66.1 Å². The molecule has 0 aromatic rings. The van der Waals surface area contributed by atoms with Crippen LogP contribution in [0.5, 0.6) is 0 Å². The number of ketones is 5. The van der Waals surface area contributed by atoms with Crippen molar-refractivity contribution in [2.45, 2.75) is 69.2 Å². The molecule has 0 unspecified atom stereocenters. The minimum absolute atomic E-state index is 0.345. The summed E-state index contributed by atoms with van der Waals surface area (Å²) in [5, 5.41) is 0. The van der Waals surface area contributed by atoms with Gasteiger partial charge in [-0.25, -0.2) is 0 Å². The maximum absolute atomic E-state index is 10.7. The molecule has 60 heavy (non-hydrogen) atoms. The van der Waals surface area contributed by atoms with E-state index in [4.69, 9.17) is 0 Å². The molecule has 0 saturated heterocycles. The Morgan fingerprint density at radius 1 is 0.183 bits per heavy atom. The van der Waals surface area contributed by atoms with Gasteiger partial charge in [0.1, 0.15) is 0 Å². The van der Waals surface area contributed by atoms with Crippen molar-refractivity contribution >= 4 is 88.6 Å². The third kappa shape index (κ3) is 69.0. The predicted molar refractivity (Wildman–Crippen MR) is 191 cm³/mol. The number of hydrogen-bond acceptors (Lipinski definition) is 25. The standard InChI is InChI=1S/5C7H10O5/c5*1-5(8)11-3-7(10)4-12-6(2)9/h5*3-4H2,1-2H3. The summed E-state index contributed by atoms with van der Waals surface area (Å²) >= 11 is 0. The molecule has 0 heterocycles. The second-order valence-corrected chi connectivity index (χ2v) is 10.5. The molecule has 0 aliphatic heterocycles. The number of hydrogen-bond donors (Lipinski definition) is 0. The van der Waals surface area contributed by atoms with Crippen LogP contribution in [0.25, 0.3) is 0 Å². The highest BCUT2D eigenvalue weighted by Crippen LogP contribution is 1.86. The molecule has 0 saturated carbocycles. The lowest BCUT2D eigenvalue weighted by Gasteiger charge is -2.00. The van der Waals surface area contributed by atoms with Crippen molar-refractivity contribution in [2.24, 2.45) is 0 Å². The summed E-state index contributed by atoms with van der Waals surface area (Å²) in [6.45, 7) is 8.49.